The number of rotatable bonds is 5. The Morgan fingerprint density at radius 3 is 1.03 bits per heavy atom. The molecule has 0 aliphatic carbocycles. The first-order valence-electron chi connectivity index (χ1n) is 35.7. The van der Waals surface area contributed by atoms with Crippen molar-refractivity contribution < 1.29 is 0 Å². The van der Waals surface area contributed by atoms with Crippen LogP contribution in [0, 0.1) is 83.1 Å². The number of aromatic amines is 11. The molecule has 30 nitrogen and oxygen atoms in total. The van der Waals surface area contributed by atoms with E-state index < -0.39 is 0 Å². The molecule has 0 fully saturated rings. The summed E-state index contributed by atoms with van der Waals surface area (Å²) in [5.74, 6) is 9.12. The van der Waals surface area contributed by atoms with Gasteiger partial charge in [-0.05, 0) is 173 Å². The fourth-order valence-corrected chi connectivity index (χ4v) is 12.8. The Morgan fingerprint density at radius 1 is 0.207 bits per heavy atom. The summed E-state index contributed by atoms with van der Waals surface area (Å²) in [5, 5.41) is 0. The lowest BCUT2D eigenvalue weighted by molar-refractivity contribution is 1.15. The van der Waals surface area contributed by atoms with Gasteiger partial charge in [-0.3, -0.25) is 9.97 Å². The fourth-order valence-electron chi connectivity index (χ4n) is 12.8. The molecule has 0 aliphatic heterocycles. The Bertz CT molecular complexity index is 6420. The van der Waals surface area contributed by atoms with Gasteiger partial charge in [0.15, 0.2) is 68.1 Å². The minimum Gasteiger partial charge on any atom is -0.342 e. The van der Waals surface area contributed by atoms with Crippen LogP contribution in [0.4, 0.5) is 0 Å². The lowest BCUT2D eigenvalue weighted by atomic mass is 10.1. The highest BCUT2D eigenvalue weighted by atomic mass is 15.1. The van der Waals surface area contributed by atoms with E-state index in [1.165, 1.54) is 16.7 Å². The fraction of sp³-hybridized carbons (Fsp3) is 0.148. The van der Waals surface area contributed by atoms with E-state index >= 15 is 0 Å². The summed E-state index contributed by atoms with van der Waals surface area (Å²) in [5.41, 5.74) is 29.6. The van der Waals surface area contributed by atoms with E-state index in [9.17, 15) is 0 Å². The first kappa shape index (κ1) is 69.1. The summed E-state index contributed by atoms with van der Waals surface area (Å²) in [6.45, 7) is 23.7. The van der Waals surface area contributed by atoms with Crippen LogP contribution in [-0.2, 0) is 0 Å². The van der Waals surface area contributed by atoms with Gasteiger partial charge >= 0.3 is 0 Å². The summed E-state index contributed by atoms with van der Waals surface area (Å²) < 4.78 is 0. The SMILES string of the molecule is Cc1ccc(-c2nc3nc4nc(C)[nH]c4cc3[nH]2)cc1.Cc1ccc(-c2nc3nc4nc(C)[nH]c4cc3[nH]2)nc1.Cc1ccc2nc(C)[nH]c2c1.Cc1cccc(-c2nc3nc4nc(C)[nH]c4cc3[nH]2)c1.Cc1cccc(-c2nc3nc4nc(C)[nH]c4cc3[nH]2)n1.Cc1cncc(-c2nc3nc4nc(C)[nH]c4cc3[nH]2)c1. The minimum absolute atomic E-state index is 0.654. The number of fused-ring (bicyclic) bond motifs is 11. The van der Waals surface area contributed by atoms with Crippen molar-refractivity contribution in [3.8, 4) is 57.2 Å². The van der Waals surface area contributed by atoms with Crippen molar-refractivity contribution in [2.45, 2.75) is 83.1 Å². The van der Waals surface area contributed by atoms with Gasteiger partial charge < -0.3 is 54.8 Å². The molecular weight excluding hydrogens is 1390 g/mol. The lowest BCUT2D eigenvalue weighted by Gasteiger charge is -1.97. The Kier molecular flexibility index (Phi) is 17.7. The van der Waals surface area contributed by atoms with E-state index in [0.717, 1.165) is 175 Å². The van der Waals surface area contributed by atoms with Crippen molar-refractivity contribution in [1.29, 1.82) is 0 Å². The Hall–Kier alpha value is -15.0. The van der Waals surface area contributed by atoms with E-state index in [4.69, 9.17) is 0 Å². The molecule has 0 atom stereocenters. The van der Waals surface area contributed by atoms with Crippen LogP contribution in [0.25, 0.3) is 180 Å². The number of imidazole rings is 11. The molecule has 22 aromatic rings. The standard InChI is InChI=1S/2C15H13N5.3C14H12N6.C9H10N2/c1-8-3-5-10(6-4-8)13-18-12-7-11-14(17-9(2)16-11)20-15(12)19-13;1-8-4-3-5-10(6-8)13-18-12-7-11-14(17-9(2)16-11)20-15(12)19-13;1-7-3-9(6-15-5-7)12-18-11-4-10-13(17-8(2)16-10)20-14(11)19-12;1-7-3-4-9(15-6-7)12-18-11-5-10-13(17-8(2)16-10)20-14(11)19-12;1-7-4-3-5-9(15-7)12-18-11-6-10-13(17-8(2)16-10)20-14(11)19-12;1-6-3-4-8-9(5-6)11-7(2)10-8/h2*3-7H,1-2H3,(H2,16,17,18,19,20);3*3-6H,1-2H3,(H2,16,17,18,19,20);3-5H,1-2H3,(H,10,11). The number of nitrogens with one attached hydrogen (secondary N) is 11. The van der Waals surface area contributed by atoms with Gasteiger partial charge in [-0.15, -0.1) is 0 Å². The Morgan fingerprint density at radius 2 is 0.577 bits per heavy atom. The second kappa shape index (κ2) is 28.4. The molecule has 0 bridgehead atoms. The summed E-state index contributed by atoms with van der Waals surface area (Å²) in [4.78, 5) is 119. The van der Waals surface area contributed by atoms with Crippen LogP contribution in [0.1, 0.15) is 68.5 Å². The molecular formula is C81H72N30. The maximum Gasteiger partial charge on any atom is 0.180 e. The molecule has 0 spiro atoms. The third-order valence-electron chi connectivity index (χ3n) is 18.0. The van der Waals surface area contributed by atoms with E-state index in [1.54, 1.807) is 6.20 Å². The number of benzene rings is 3. The highest BCUT2D eigenvalue weighted by Gasteiger charge is 2.17. The summed E-state index contributed by atoms with van der Waals surface area (Å²) in [7, 11) is 0. The van der Waals surface area contributed by atoms with Crippen LogP contribution in [0.2, 0.25) is 0 Å². The summed E-state index contributed by atoms with van der Waals surface area (Å²) in [6, 6.07) is 44.5. The first-order valence-corrected chi connectivity index (χ1v) is 35.7. The van der Waals surface area contributed by atoms with Gasteiger partial charge in [0, 0.05) is 41.0 Å². The summed E-state index contributed by atoms with van der Waals surface area (Å²) >= 11 is 0. The number of aryl methyl sites for hydroxylation is 12. The smallest absolute Gasteiger partial charge is 0.180 e. The van der Waals surface area contributed by atoms with Gasteiger partial charge in [0.2, 0.25) is 0 Å². The highest BCUT2D eigenvalue weighted by Crippen LogP contribution is 2.28. The molecule has 546 valence electrons. The number of hydrogen-bond acceptors (Lipinski definition) is 19. The van der Waals surface area contributed by atoms with Crippen LogP contribution in [-0.4, -0.2) is 150 Å². The first-order chi connectivity index (χ1) is 53.7. The van der Waals surface area contributed by atoms with Gasteiger partial charge in [-0.25, -0.2) is 84.7 Å². The van der Waals surface area contributed by atoms with Crippen molar-refractivity contribution in [2.24, 2.45) is 0 Å². The molecule has 0 radical (unpaired) electrons. The predicted molar refractivity (Wildman–Crippen MR) is 431 cm³/mol. The van der Waals surface area contributed by atoms with Crippen molar-refractivity contribution >= 4 is 123 Å². The van der Waals surface area contributed by atoms with Crippen molar-refractivity contribution in [2.75, 3.05) is 0 Å². The van der Waals surface area contributed by atoms with Crippen LogP contribution >= 0.6 is 0 Å². The molecule has 3 aromatic carbocycles. The molecule has 0 aliphatic rings. The topological polar surface area (TPSA) is 419 Å². The molecule has 111 heavy (non-hydrogen) atoms. The zero-order valence-corrected chi connectivity index (χ0v) is 62.4. The number of H-pyrrole nitrogens is 11. The van der Waals surface area contributed by atoms with Crippen LogP contribution < -0.4 is 0 Å². The molecule has 19 aromatic heterocycles. The molecule has 0 saturated carbocycles. The lowest BCUT2D eigenvalue weighted by Crippen LogP contribution is -1.87. The largest absolute Gasteiger partial charge is 0.342 e. The normalized spacial score (nSPS) is 11.4. The molecule has 0 amide bonds. The van der Waals surface area contributed by atoms with Crippen LogP contribution in [0.15, 0.2) is 152 Å². The van der Waals surface area contributed by atoms with E-state index in [1.807, 2.05) is 160 Å². The second-order valence-electron chi connectivity index (χ2n) is 27.4. The Labute approximate surface area is 629 Å². The van der Waals surface area contributed by atoms with Crippen LogP contribution in [0.3, 0.4) is 0 Å². The predicted octanol–water partition coefficient (Wildman–Crippen LogP) is 16.0. The van der Waals surface area contributed by atoms with E-state index in [2.05, 4.69) is 219 Å². The van der Waals surface area contributed by atoms with Gasteiger partial charge in [-0.1, -0.05) is 71.8 Å². The van der Waals surface area contributed by atoms with E-state index in [0.29, 0.717) is 56.5 Å². The monoisotopic (exact) mass is 1460 g/mol. The number of aromatic nitrogens is 30. The average Bonchev–Trinajstić information content (AvgIpc) is 1.65. The third kappa shape index (κ3) is 14.8. The second-order valence-corrected chi connectivity index (χ2v) is 27.4. The van der Waals surface area contributed by atoms with Crippen LogP contribution in [0.5, 0.6) is 0 Å². The zero-order valence-electron chi connectivity index (χ0n) is 62.4. The molecule has 11 N–H and O–H groups in total. The Balaban J connectivity index is 0.0000000976. The summed E-state index contributed by atoms with van der Waals surface area (Å²) in [6.07, 6.45) is 5.43. The molecule has 30 heteroatoms. The number of hydrogen-bond donors (Lipinski definition) is 11. The molecule has 0 unspecified atom stereocenters. The maximum absolute atomic E-state index is 4.56. The van der Waals surface area contributed by atoms with E-state index in [-0.39, 0.29) is 0 Å². The number of nitrogens with zero attached hydrogens (tertiary/aromatic N) is 19. The van der Waals surface area contributed by atoms with Crippen molar-refractivity contribution in [1.82, 2.24) is 150 Å². The minimum atomic E-state index is 0.654. The third-order valence-corrected chi connectivity index (χ3v) is 18.0. The zero-order chi connectivity index (χ0) is 76.3. The van der Waals surface area contributed by atoms with Crippen molar-refractivity contribution in [3.63, 3.8) is 0 Å². The average molecular weight is 1470 g/mol. The molecule has 0 saturated heterocycles. The van der Waals surface area contributed by atoms with Gasteiger partial charge in [0.05, 0.1) is 66.2 Å². The molecule has 22 rings (SSSR count). The van der Waals surface area contributed by atoms with Gasteiger partial charge in [0.1, 0.15) is 63.8 Å². The number of pyridine rings is 8. The van der Waals surface area contributed by atoms with Gasteiger partial charge in [0.25, 0.3) is 0 Å². The quantitative estimate of drug-likeness (QED) is 0.0762. The highest BCUT2D eigenvalue weighted by molar-refractivity contribution is 5.91. The van der Waals surface area contributed by atoms with Gasteiger partial charge in [-0.2, -0.15) is 0 Å². The molecule has 19 heterocycles. The maximum atomic E-state index is 4.56. The van der Waals surface area contributed by atoms with Crippen molar-refractivity contribution in [3.05, 3.63) is 221 Å².